The van der Waals surface area contributed by atoms with Crippen molar-refractivity contribution in [3.05, 3.63) is 4.91 Å². The normalized spacial score (nSPS) is 10.7. The van der Waals surface area contributed by atoms with Crippen molar-refractivity contribution in [3.8, 4) is 0 Å². The van der Waals surface area contributed by atoms with Crippen molar-refractivity contribution >= 4 is 11.8 Å². The van der Waals surface area contributed by atoms with Gasteiger partial charge in [0.2, 0.25) is 5.78 Å². The number of nitrogens with zero attached hydrogens (tertiary/aromatic N) is 1. The van der Waals surface area contributed by atoms with Gasteiger partial charge in [0.15, 0.2) is 0 Å². The average molecular weight is 187 g/mol. The molecule has 0 amide bonds. The molecule has 0 unspecified atom stereocenters. The number of esters is 1. The molecule has 0 heterocycles. The predicted molar refractivity (Wildman–Crippen MR) is 46.1 cm³/mol. The summed E-state index contributed by atoms with van der Waals surface area (Å²) in [6.07, 6.45) is -0.182. The Morgan fingerprint density at radius 2 is 1.85 bits per heavy atom. The summed E-state index contributed by atoms with van der Waals surface area (Å²) in [4.78, 5) is 31.5. The van der Waals surface area contributed by atoms with Crippen LogP contribution in [0.5, 0.6) is 0 Å². The van der Waals surface area contributed by atoms with Gasteiger partial charge in [-0.1, -0.05) is 5.18 Å². The molecule has 0 radical (unpaired) electrons. The van der Waals surface area contributed by atoms with Gasteiger partial charge < -0.3 is 4.74 Å². The number of ketones is 1. The van der Waals surface area contributed by atoms with Gasteiger partial charge in [-0.2, -0.15) is 4.91 Å². The summed E-state index contributed by atoms with van der Waals surface area (Å²) in [5.74, 6) is -1.62. The molecule has 0 saturated heterocycles. The number of rotatable bonds is 4. The van der Waals surface area contributed by atoms with Crippen LogP contribution in [-0.4, -0.2) is 23.9 Å². The van der Waals surface area contributed by atoms with Crippen LogP contribution in [0.2, 0.25) is 0 Å². The summed E-state index contributed by atoms with van der Waals surface area (Å²) in [5, 5.41) is 2.48. The van der Waals surface area contributed by atoms with E-state index in [2.05, 4.69) is 5.18 Å². The van der Waals surface area contributed by atoms with Crippen LogP contribution >= 0.6 is 0 Å². The largest absolute Gasteiger partial charge is 0.454 e. The molecule has 0 aromatic carbocycles. The zero-order valence-electron chi connectivity index (χ0n) is 7.99. The first-order valence-electron chi connectivity index (χ1n) is 3.92. The standard InChI is InChI=1S/C8H13NO4/c1-8(2,3)13-7(11)6(10)4-5-9-12/h4-5H2,1-3H3. The maximum absolute atomic E-state index is 10.9. The molecular weight excluding hydrogens is 174 g/mol. The zero-order chi connectivity index (χ0) is 10.5. The first kappa shape index (κ1) is 11.7. The molecule has 5 heteroatoms. The van der Waals surface area contributed by atoms with Crippen molar-refractivity contribution in [3.63, 3.8) is 0 Å². The van der Waals surface area contributed by atoms with E-state index in [4.69, 9.17) is 4.74 Å². The average Bonchev–Trinajstić information content (AvgIpc) is 1.96. The van der Waals surface area contributed by atoms with Gasteiger partial charge in [0.1, 0.15) is 5.60 Å². The SMILES string of the molecule is CC(C)(C)OC(=O)C(=O)CCN=O. The zero-order valence-corrected chi connectivity index (χ0v) is 7.99. The summed E-state index contributed by atoms with van der Waals surface area (Å²) >= 11 is 0. The molecule has 0 fully saturated rings. The lowest BCUT2D eigenvalue weighted by Gasteiger charge is -2.18. The fourth-order valence-corrected chi connectivity index (χ4v) is 0.584. The molecule has 13 heavy (non-hydrogen) atoms. The van der Waals surface area contributed by atoms with E-state index >= 15 is 0 Å². The minimum absolute atomic E-state index is 0.182. The third-order valence-corrected chi connectivity index (χ3v) is 1.06. The highest BCUT2D eigenvalue weighted by Gasteiger charge is 2.22. The molecule has 0 N–H and O–H groups in total. The molecule has 0 bridgehead atoms. The second-order valence-electron chi connectivity index (χ2n) is 3.53. The molecule has 0 aliphatic rings. The summed E-state index contributed by atoms with van der Waals surface area (Å²) < 4.78 is 4.76. The Morgan fingerprint density at radius 1 is 1.31 bits per heavy atom. The Morgan fingerprint density at radius 3 is 2.23 bits per heavy atom. The van der Waals surface area contributed by atoms with Crippen LogP contribution in [0, 0.1) is 4.91 Å². The molecule has 5 nitrogen and oxygen atoms in total. The Bertz CT molecular complexity index is 217. The van der Waals surface area contributed by atoms with E-state index in [-0.39, 0.29) is 13.0 Å². The van der Waals surface area contributed by atoms with Crippen LogP contribution in [0.15, 0.2) is 5.18 Å². The molecule has 0 spiro atoms. The first-order chi connectivity index (χ1) is 5.87. The molecule has 0 aliphatic carbocycles. The van der Waals surface area contributed by atoms with Crippen molar-refractivity contribution in [2.45, 2.75) is 32.8 Å². The molecule has 0 rings (SSSR count). The maximum Gasteiger partial charge on any atom is 0.375 e. The third kappa shape index (κ3) is 5.95. The van der Waals surface area contributed by atoms with Gasteiger partial charge in [0.25, 0.3) is 0 Å². The van der Waals surface area contributed by atoms with Crippen LogP contribution in [0.25, 0.3) is 0 Å². The van der Waals surface area contributed by atoms with Gasteiger partial charge in [-0.05, 0) is 20.8 Å². The van der Waals surface area contributed by atoms with Gasteiger partial charge in [0.05, 0.1) is 6.54 Å². The molecule has 0 aromatic rings. The molecule has 0 saturated carbocycles. The quantitative estimate of drug-likeness (QED) is 0.374. The Hall–Kier alpha value is -1.26. The van der Waals surface area contributed by atoms with Crippen molar-refractivity contribution in [2.24, 2.45) is 5.18 Å². The summed E-state index contributed by atoms with van der Waals surface area (Å²) in [7, 11) is 0. The summed E-state index contributed by atoms with van der Waals surface area (Å²) in [6.45, 7) is 4.81. The number of nitroso groups, excluding NO2 is 1. The van der Waals surface area contributed by atoms with E-state index in [1.54, 1.807) is 20.8 Å². The van der Waals surface area contributed by atoms with Crippen LogP contribution in [-0.2, 0) is 14.3 Å². The number of hydrogen-bond acceptors (Lipinski definition) is 5. The highest BCUT2D eigenvalue weighted by atomic mass is 16.6. The van der Waals surface area contributed by atoms with E-state index in [1.807, 2.05) is 0 Å². The highest BCUT2D eigenvalue weighted by molar-refractivity contribution is 6.33. The minimum Gasteiger partial charge on any atom is -0.454 e. The van der Waals surface area contributed by atoms with E-state index in [1.165, 1.54) is 0 Å². The number of hydrogen-bond donors (Lipinski definition) is 0. The van der Waals surface area contributed by atoms with Gasteiger partial charge in [-0.3, -0.25) is 4.79 Å². The highest BCUT2D eigenvalue weighted by Crippen LogP contribution is 2.07. The Kier molecular flexibility index (Phi) is 4.23. The van der Waals surface area contributed by atoms with E-state index in [0.717, 1.165) is 0 Å². The smallest absolute Gasteiger partial charge is 0.375 e. The number of carbonyl (C=O) groups is 2. The molecule has 0 aromatic heterocycles. The summed E-state index contributed by atoms with van der Waals surface area (Å²) in [6, 6.07) is 0. The molecule has 0 atom stereocenters. The fourth-order valence-electron chi connectivity index (χ4n) is 0.584. The second-order valence-corrected chi connectivity index (χ2v) is 3.53. The Balaban J connectivity index is 3.97. The number of carbonyl (C=O) groups excluding carboxylic acids is 2. The van der Waals surface area contributed by atoms with Crippen molar-refractivity contribution < 1.29 is 14.3 Å². The van der Waals surface area contributed by atoms with Crippen LogP contribution in [0.4, 0.5) is 0 Å². The summed E-state index contributed by atoms with van der Waals surface area (Å²) in [5.41, 5.74) is -0.679. The molecule has 0 aliphatic heterocycles. The van der Waals surface area contributed by atoms with Crippen molar-refractivity contribution in [1.29, 1.82) is 0 Å². The van der Waals surface area contributed by atoms with Crippen LogP contribution < -0.4 is 0 Å². The number of ether oxygens (including phenoxy) is 1. The van der Waals surface area contributed by atoms with Crippen LogP contribution in [0.1, 0.15) is 27.2 Å². The van der Waals surface area contributed by atoms with Crippen molar-refractivity contribution in [2.75, 3.05) is 6.54 Å². The predicted octanol–water partition coefficient (Wildman–Crippen LogP) is 1.05. The topological polar surface area (TPSA) is 72.8 Å². The van der Waals surface area contributed by atoms with Gasteiger partial charge in [-0.25, -0.2) is 4.79 Å². The van der Waals surface area contributed by atoms with Crippen molar-refractivity contribution in [1.82, 2.24) is 0 Å². The monoisotopic (exact) mass is 187 g/mol. The van der Waals surface area contributed by atoms with E-state index < -0.39 is 17.4 Å². The molecule has 74 valence electrons. The van der Waals surface area contributed by atoms with Gasteiger partial charge in [-0.15, -0.1) is 0 Å². The minimum atomic E-state index is -0.906. The lowest BCUT2D eigenvalue weighted by atomic mass is 10.2. The van der Waals surface area contributed by atoms with Gasteiger partial charge >= 0.3 is 5.97 Å². The number of Topliss-reactive ketones (excluding diaryl/α,β-unsaturated/α-hetero) is 1. The Labute approximate surface area is 76.4 Å². The second kappa shape index (κ2) is 4.69. The lowest BCUT2D eigenvalue weighted by molar-refractivity contribution is -0.162. The maximum atomic E-state index is 10.9. The van der Waals surface area contributed by atoms with Gasteiger partial charge in [0, 0.05) is 6.42 Å². The third-order valence-electron chi connectivity index (χ3n) is 1.06. The lowest BCUT2D eigenvalue weighted by Crippen LogP contribution is -2.29. The first-order valence-corrected chi connectivity index (χ1v) is 3.92. The van der Waals surface area contributed by atoms with E-state index in [9.17, 15) is 14.5 Å². The van der Waals surface area contributed by atoms with E-state index in [0.29, 0.717) is 0 Å². The van der Waals surface area contributed by atoms with Crippen LogP contribution in [0.3, 0.4) is 0 Å². The fraction of sp³-hybridized carbons (Fsp3) is 0.750. The molecular formula is C8H13NO4.